The van der Waals surface area contributed by atoms with E-state index in [0.29, 0.717) is 0 Å². The molecular formula is C14H32N4. The van der Waals surface area contributed by atoms with Crippen LogP contribution in [0.15, 0.2) is 0 Å². The summed E-state index contributed by atoms with van der Waals surface area (Å²) in [5.41, 5.74) is 0. The lowest BCUT2D eigenvalue weighted by Crippen LogP contribution is -2.46. The monoisotopic (exact) mass is 256 g/mol. The fourth-order valence-corrected chi connectivity index (χ4v) is 2.40. The van der Waals surface area contributed by atoms with Crippen LogP contribution in [0, 0.1) is 0 Å². The zero-order chi connectivity index (χ0) is 13.4. The van der Waals surface area contributed by atoms with Gasteiger partial charge in [-0.25, -0.2) is 0 Å². The van der Waals surface area contributed by atoms with Gasteiger partial charge in [-0.3, -0.25) is 9.80 Å². The smallest absolute Gasteiger partial charge is 0.0110 e. The van der Waals surface area contributed by atoms with E-state index >= 15 is 0 Å². The lowest BCUT2D eigenvalue weighted by molar-refractivity contribution is 0.196. The van der Waals surface area contributed by atoms with Crippen molar-refractivity contribution in [3.05, 3.63) is 0 Å². The SMILES string of the molecule is CC(C)N1CCNCC1.CC(C)N1CCNCC1. The van der Waals surface area contributed by atoms with E-state index in [0.717, 1.165) is 38.3 Å². The molecule has 0 spiro atoms. The highest BCUT2D eigenvalue weighted by Crippen LogP contribution is 1.98. The van der Waals surface area contributed by atoms with Crippen LogP contribution in [0.3, 0.4) is 0 Å². The molecule has 0 saturated carbocycles. The standard InChI is InChI=1S/2C7H16N2/c2*1-7(2)9-5-3-8-4-6-9/h2*7-8H,3-6H2,1-2H3. The molecule has 2 aliphatic rings. The zero-order valence-corrected chi connectivity index (χ0v) is 12.7. The Morgan fingerprint density at radius 2 is 0.889 bits per heavy atom. The van der Waals surface area contributed by atoms with Gasteiger partial charge >= 0.3 is 0 Å². The van der Waals surface area contributed by atoms with Gasteiger partial charge in [-0.2, -0.15) is 0 Å². The Kier molecular flexibility index (Phi) is 7.82. The van der Waals surface area contributed by atoms with Gasteiger partial charge in [-0.1, -0.05) is 0 Å². The van der Waals surface area contributed by atoms with Crippen LogP contribution < -0.4 is 10.6 Å². The lowest BCUT2D eigenvalue weighted by atomic mass is 10.3. The lowest BCUT2D eigenvalue weighted by Gasteiger charge is -2.30. The largest absolute Gasteiger partial charge is 0.314 e. The predicted molar refractivity (Wildman–Crippen MR) is 79.2 cm³/mol. The third-order valence-electron chi connectivity index (χ3n) is 3.76. The normalized spacial score (nSPS) is 23.0. The third-order valence-corrected chi connectivity index (χ3v) is 3.76. The van der Waals surface area contributed by atoms with E-state index in [2.05, 4.69) is 48.1 Å². The first kappa shape index (κ1) is 15.9. The van der Waals surface area contributed by atoms with Gasteiger partial charge in [0.05, 0.1) is 0 Å². The number of nitrogens with one attached hydrogen (secondary N) is 2. The molecule has 2 fully saturated rings. The quantitative estimate of drug-likeness (QED) is 0.757. The first-order chi connectivity index (χ1) is 8.61. The van der Waals surface area contributed by atoms with E-state index in [-0.39, 0.29) is 0 Å². The van der Waals surface area contributed by atoms with Gasteiger partial charge in [0.25, 0.3) is 0 Å². The van der Waals surface area contributed by atoms with Crippen LogP contribution in [0.2, 0.25) is 0 Å². The van der Waals surface area contributed by atoms with Crippen molar-refractivity contribution in [2.75, 3.05) is 52.4 Å². The van der Waals surface area contributed by atoms with E-state index in [1.165, 1.54) is 26.2 Å². The first-order valence-corrected chi connectivity index (χ1v) is 7.50. The molecule has 4 heteroatoms. The van der Waals surface area contributed by atoms with Gasteiger partial charge in [0, 0.05) is 64.4 Å². The average molecular weight is 256 g/mol. The van der Waals surface area contributed by atoms with Crippen LogP contribution >= 0.6 is 0 Å². The summed E-state index contributed by atoms with van der Waals surface area (Å²) in [6.45, 7) is 18.6. The molecule has 0 radical (unpaired) electrons. The Labute approximate surface area is 113 Å². The van der Waals surface area contributed by atoms with Crippen molar-refractivity contribution >= 4 is 0 Å². The van der Waals surface area contributed by atoms with Crippen LogP contribution in [0.4, 0.5) is 0 Å². The number of rotatable bonds is 2. The van der Waals surface area contributed by atoms with Gasteiger partial charge in [0.15, 0.2) is 0 Å². The van der Waals surface area contributed by atoms with Gasteiger partial charge in [-0.05, 0) is 27.7 Å². The Balaban J connectivity index is 0.000000180. The number of piperazine rings is 2. The molecule has 0 unspecified atom stereocenters. The zero-order valence-electron chi connectivity index (χ0n) is 12.7. The van der Waals surface area contributed by atoms with Crippen molar-refractivity contribution in [1.29, 1.82) is 0 Å². The van der Waals surface area contributed by atoms with Crippen LogP contribution in [0.5, 0.6) is 0 Å². The molecule has 0 amide bonds. The second kappa shape index (κ2) is 8.86. The van der Waals surface area contributed by atoms with Gasteiger partial charge in [0.1, 0.15) is 0 Å². The molecule has 0 aromatic heterocycles. The van der Waals surface area contributed by atoms with Crippen molar-refractivity contribution in [1.82, 2.24) is 20.4 Å². The maximum absolute atomic E-state index is 3.33. The summed E-state index contributed by atoms with van der Waals surface area (Å²) in [7, 11) is 0. The van der Waals surface area contributed by atoms with E-state index in [4.69, 9.17) is 0 Å². The molecule has 0 aromatic rings. The second-order valence-corrected chi connectivity index (χ2v) is 5.76. The van der Waals surface area contributed by atoms with Crippen molar-refractivity contribution < 1.29 is 0 Å². The highest BCUT2D eigenvalue weighted by Gasteiger charge is 2.11. The summed E-state index contributed by atoms with van der Waals surface area (Å²) in [6.07, 6.45) is 0. The number of hydrogen-bond donors (Lipinski definition) is 2. The third kappa shape index (κ3) is 6.14. The minimum Gasteiger partial charge on any atom is -0.314 e. The molecular weight excluding hydrogens is 224 g/mol. The average Bonchev–Trinajstić information content (AvgIpc) is 2.41. The van der Waals surface area contributed by atoms with Crippen LogP contribution in [-0.4, -0.2) is 74.2 Å². The maximum Gasteiger partial charge on any atom is 0.0110 e. The Morgan fingerprint density at radius 3 is 1.06 bits per heavy atom. The van der Waals surface area contributed by atoms with Crippen LogP contribution in [0.25, 0.3) is 0 Å². The molecule has 0 atom stereocenters. The van der Waals surface area contributed by atoms with E-state index in [1.54, 1.807) is 0 Å². The molecule has 2 heterocycles. The Hall–Kier alpha value is -0.160. The second-order valence-electron chi connectivity index (χ2n) is 5.76. The van der Waals surface area contributed by atoms with E-state index < -0.39 is 0 Å². The minimum absolute atomic E-state index is 0.729. The molecule has 0 aliphatic carbocycles. The fourth-order valence-electron chi connectivity index (χ4n) is 2.40. The number of hydrogen-bond acceptors (Lipinski definition) is 4. The van der Waals surface area contributed by atoms with Crippen LogP contribution in [0.1, 0.15) is 27.7 Å². The van der Waals surface area contributed by atoms with E-state index in [1.807, 2.05) is 0 Å². The maximum atomic E-state index is 3.33. The topological polar surface area (TPSA) is 30.5 Å². The summed E-state index contributed by atoms with van der Waals surface area (Å²) >= 11 is 0. The molecule has 18 heavy (non-hydrogen) atoms. The van der Waals surface area contributed by atoms with Gasteiger partial charge in [0.2, 0.25) is 0 Å². The molecule has 2 aliphatic heterocycles. The van der Waals surface area contributed by atoms with Crippen molar-refractivity contribution in [2.45, 2.75) is 39.8 Å². The number of nitrogens with zero attached hydrogens (tertiary/aromatic N) is 2. The highest BCUT2D eigenvalue weighted by molar-refractivity contribution is 4.70. The molecule has 108 valence electrons. The summed E-state index contributed by atoms with van der Waals surface area (Å²) in [6, 6.07) is 1.46. The summed E-state index contributed by atoms with van der Waals surface area (Å²) < 4.78 is 0. The minimum atomic E-state index is 0.729. The van der Waals surface area contributed by atoms with Gasteiger partial charge in [-0.15, -0.1) is 0 Å². The van der Waals surface area contributed by atoms with Crippen molar-refractivity contribution in [2.24, 2.45) is 0 Å². The summed E-state index contributed by atoms with van der Waals surface area (Å²) in [5.74, 6) is 0. The van der Waals surface area contributed by atoms with Crippen LogP contribution in [-0.2, 0) is 0 Å². The molecule has 4 nitrogen and oxygen atoms in total. The Morgan fingerprint density at radius 1 is 0.611 bits per heavy atom. The fraction of sp³-hybridized carbons (Fsp3) is 1.00. The van der Waals surface area contributed by atoms with Crippen molar-refractivity contribution in [3.8, 4) is 0 Å². The van der Waals surface area contributed by atoms with E-state index in [9.17, 15) is 0 Å². The molecule has 2 saturated heterocycles. The van der Waals surface area contributed by atoms with Gasteiger partial charge < -0.3 is 10.6 Å². The predicted octanol–water partition coefficient (Wildman–Crippen LogP) is 0.600. The molecule has 2 N–H and O–H groups in total. The summed E-state index contributed by atoms with van der Waals surface area (Å²) in [5, 5.41) is 6.66. The Bertz CT molecular complexity index is 172. The first-order valence-electron chi connectivity index (χ1n) is 7.50. The molecule has 2 rings (SSSR count). The summed E-state index contributed by atoms with van der Waals surface area (Å²) in [4.78, 5) is 4.99. The molecule has 0 aromatic carbocycles. The molecule has 0 bridgehead atoms. The van der Waals surface area contributed by atoms with Crippen molar-refractivity contribution in [3.63, 3.8) is 0 Å². The highest BCUT2D eigenvalue weighted by atomic mass is 15.2.